The lowest BCUT2D eigenvalue weighted by atomic mass is 10.00. The Morgan fingerprint density at radius 1 is 1.32 bits per heavy atom. The molecule has 1 aliphatic carbocycles. The Hall–Kier alpha value is -2.67. The molecule has 148 valence electrons. The van der Waals surface area contributed by atoms with Crippen LogP contribution in [-0.4, -0.2) is 29.9 Å². The third-order valence-corrected chi connectivity index (χ3v) is 4.98. The van der Waals surface area contributed by atoms with Gasteiger partial charge in [-0.05, 0) is 56.4 Å². The van der Waals surface area contributed by atoms with Crippen molar-refractivity contribution in [3.05, 3.63) is 52.4 Å². The number of rotatable bonds is 7. The number of aromatic nitrogens is 1. The number of carbonyl (C=O) groups is 2. The van der Waals surface area contributed by atoms with Gasteiger partial charge in [-0.25, -0.2) is 14.2 Å². The first kappa shape index (κ1) is 20.1. The number of amides is 2. The van der Waals surface area contributed by atoms with E-state index < -0.39 is 5.82 Å². The van der Waals surface area contributed by atoms with Gasteiger partial charge < -0.3 is 10.1 Å². The number of pyridine rings is 1. The number of Topliss-reactive ketones (excluding diaryl/α,β-unsaturated/α-hetero) is 1. The number of nitrogens with zero attached hydrogens (tertiary/aromatic N) is 1. The van der Waals surface area contributed by atoms with Crippen molar-refractivity contribution in [2.24, 2.45) is 5.92 Å². The maximum Gasteiger partial charge on any atom is 0.320 e. The Balaban J connectivity index is 1.53. The molecular formula is C20H21ClFN3O3. The molecule has 0 saturated heterocycles. The number of hydrogen-bond donors (Lipinski definition) is 2. The van der Waals surface area contributed by atoms with Gasteiger partial charge in [0.2, 0.25) is 0 Å². The molecular weight excluding hydrogens is 385 g/mol. The molecule has 1 fully saturated rings. The summed E-state index contributed by atoms with van der Waals surface area (Å²) >= 11 is 5.76. The number of carbonyl (C=O) groups excluding carboxylic acids is 2. The van der Waals surface area contributed by atoms with Gasteiger partial charge in [0.05, 0.1) is 17.7 Å². The van der Waals surface area contributed by atoms with Crippen LogP contribution >= 0.6 is 11.6 Å². The van der Waals surface area contributed by atoms with E-state index in [1.807, 2.05) is 0 Å². The van der Waals surface area contributed by atoms with E-state index in [0.29, 0.717) is 40.6 Å². The van der Waals surface area contributed by atoms with E-state index >= 15 is 0 Å². The average Bonchev–Trinajstić information content (AvgIpc) is 3.39. The molecule has 1 aromatic heterocycles. The molecule has 0 spiro atoms. The fraction of sp³-hybridized carbons (Fsp3) is 0.350. The van der Waals surface area contributed by atoms with Crippen LogP contribution in [-0.2, 0) is 6.42 Å². The van der Waals surface area contributed by atoms with Crippen molar-refractivity contribution in [2.75, 3.05) is 12.4 Å². The number of benzene rings is 1. The largest absolute Gasteiger partial charge is 0.496 e. The van der Waals surface area contributed by atoms with Gasteiger partial charge in [0.25, 0.3) is 0 Å². The molecule has 0 radical (unpaired) electrons. The molecule has 28 heavy (non-hydrogen) atoms. The second-order valence-corrected chi connectivity index (χ2v) is 7.20. The lowest BCUT2D eigenvalue weighted by Crippen LogP contribution is -2.31. The summed E-state index contributed by atoms with van der Waals surface area (Å²) in [4.78, 5) is 27.7. The molecule has 0 bridgehead atoms. The van der Waals surface area contributed by atoms with Gasteiger partial charge in [-0.15, -0.1) is 0 Å². The first-order valence-corrected chi connectivity index (χ1v) is 9.32. The summed E-state index contributed by atoms with van der Waals surface area (Å²) in [5.41, 5.74) is 0.773. The first-order valence-electron chi connectivity index (χ1n) is 8.94. The highest BCUT2D eigenvalue weighted by molar-refractivity contribution is 6.30. The fourth-order valence-corrected chi connectivity index (χ4v) is 3.30. The molecule has 1 aromatic carbocycles. The van der Waals surface area contributed by atoms with Crippen molar-refractivity contribution in [2.45, 2.75) is 32.2 Å². The predicted molar refractivity (Wildman–Crippen MR) is 105 cm³/mol. The van der Waals surface area contributed by atoms with Crippen LogP contribution in [0.3, 0.4) is 0 Å². The molecule has 1 heterocycles. The van der Waals surface area contributed by atoms with E-state index in [9.17, 15) is 14.0 Å². The zero-order chi connectivity index (χ0) is 20.3. The summed E-state index contributed by atoms with van der Waals surface area (Å²) in [6.07, 6.45) is 3.38. The van der Waals surface area contributed by atoms with E-state index in [1.165, 1.54) is 32.4 Å². The second kappa shape index (κ2) is 8.56. The zero-order valence-corrected chi connectivity index (χ0v) is 16.3. The van der Waals surface area contributed by atoms with Crippen LogP contribution in [0.1, 0.15) is 35.7 Å². The third-order valence-electron chi connectivity index (χ3n) is 4.76. The van der Waals surface area contributed by atoms with Crippen molar-refractivity contribution in [3.8, 4) is 5.75 Å². The van der Waals surface area contributed by atoms with E-state index in [4.69, 9.17) is 16.3 Å². The maximum atomic E-state index is 14.2. The van der Waals surface area contributed by atoms with E-state index in [-0.39, 0.29) is 23.8 Å². The van der Waals surface area contributed by atoms with E-state index in [0.717, 1.165) is 6.42 Å². The minimum Gasteiger partial charge on any atom is -0.496 e. The number of methoxy groups -OCH3 is 1. The maximum absolute atomic E-state index is 14.2. The van der Waals surface area contributed by atoms with Crippen molar-refractivity contribution in [1.29, 1.82) is 0 Å². The van der Waals surface area contributed by atoms with E-state index in [2.05, 4.69) is 15.6 Å². The Kier molecular flexibility index (Phi) is 6.14. The van der Waals surface area contributed by atoms with Gasteiger partial charge in [0.15, 0.2) is 5.78 Å². The number of hydrogen-bond acceptors (Lipinski definition) is 4. The molecule has 8 heteroatoms. The van der Waals surface area contributed by atoms with Crippen molar-refractivity contribution >= 4 is 29.2 Å². The summed E-state index contributed by atoms with van der Waals surface area (Å²) in [6.45, 7) is 1.43. The number of anilines is 1. The van der Waals surface area contributed by atoms with E-state index in [1.54, 1.807) is 12.1 Å². The molecule has 1 aliphatic rings. The van der Waals surface area contributed by atoms with Gasteiger partial charge in [0.1, 0.15) is 17.4 Å². The molecule has 6 nitrogen and oxygen atoms in total. The van der Waals surface area contributed by atoms with Gasteiger partial charge in [-0.2, -0.15) is 0 Å². The highest BCUT2D eigenvalue weighted by Crippen LogP contribution is 2.37. The average molecular weight is 406 g/mol. The molecule has 1 saturated carbocycles. The van der Waals surface area contributed by atoms with Crippen LogP contribution in [0.2, 0.25) is 5.02 Å². The lowest BCUT2D eigenvalue weighted by Gasteiger charge is -2.13. The van der Waals surface area contributed by atoms with Crippen molar-refractivity contribution < 1.29 is 18.7 Å². The minimum atomic E-state index is -0.390. The van der Waals surface area contributed by atoms with Crippen LogP contribution in [0.25, 0.3) is 0 Å². The van der Waals surface area contributed by atoms with Gasteiger partial charge in [-0.1, -0.05) is 11.6 Å². The van der Waals surface area contributed by atoms with Crippen LogP contribution in [0.5, 0.6) is 5.75 Å². The standard InChI is InChI=1S/C20H21ClFN3O3/c1-11(26)14-6-7-16(22)15(19(14)28-2)5-3-12-9-17(12)24-20(27)25-18-8-4-13(21)10-23-18/h4,6-8,10,12,17H,3,5,9H2,1-2H3,(H2,23,24,25,27). The van der Waals surface area contributed by atoms with Crippen LogP contribution < -0.4 is 15.4 Å². The number of ether oxygens (including phenoxy) is 1. The molecule has 2 N–H and O–H groups in total. The summed E-state index contributed by atoms with van der Waals surface area (Å²) in [5, 5.41) is 6.01. The zero-order valence-electron chi connectivity index (χ0n) is 15.6. The molecule has 2 aromatic rings. The van der Waals surface area contributed by atoms with Crippen molar-refractivity contribution in [3.63, 3.8) is 0 Å². The highest BCUT2D eigenvalue weighted by atomic mass is 35.5. The third kappa shape index (κ3) is 4.78. The van der Waals surface area contributed by atoms with Gasteiger partial charge in [0, 0.05) is 17.8 Å². The Morgan fingerprint density at radius 2 is 2.11 bits per heavy atom. The molecule has 2 amide bonds. The predicted octanol–water partition coefficient (Wildman–Crippen LogP) is 4.23. The van der Waals surface area contributed by atoms with Crippen molar-refractivity contribution in [1.82, 2.24) is 10.3 Å². The normalized spacial score (nSPS) is 17.7. The fourth-order valence-electron chi connectivity index (χ4n) is 3.19. The second-order valence-electron chi connectivity index (χ2n) is 6.76. The first-order chi connectivity index (χ1) is 13.4. The van der Waals surface area contributed by atoms with Gasteiger partial charge in [-0.3, -0.25) is 10.1 Å². The molecule has 0 aliphatic heterocycles. The lowest BCUT2D eigenvalue weighted by molar-refractivity contribution is 0.101. The van der Waals surface area contributed by atoms with Crippen LogP contribution in [0.15, 0.2) is 30.5 Å². The number of nitrogens with one attached hydrogen (secondary N) is 2. The Morgan fingerprint density at radius 3 is 2.75 bits per heavy atom. The summed E-state index contributed by atoms with van der Waals surface area (Å²) in [5.74, 6) is 0.389. The summed E-state index contributed by atoms with van der Waals surface area (Å²) in [6, 6.07) is 5.67. The molecule has 2 unspecified atom stereocenters. The molecule has 3 rings (SSSR count). The quantitative estimate of drug-likeness (QED) is 0.675. The smallest absolute Gasteiger partial charge is 0.320 e. The minimum absolute atomic E-state index is 0.0253. The Bertz CT molecular complexity index is 889. The summed E-state index contributed by atoms with van der Waals surface area (Å²) < 4.78 is 19.5. The number of halogens is 2. The molecule has 2 atom stereocenters. The highest BCUT2D eigenvalue weighted by Gasteiger charge is 2.38. The number of urea groups is 1. The van der Waals surface area contributed by atoms with Gasteiger partial charge >= 0.3 is 6.03 Å². The monoisotopic (exact) mass is 405 g/mol. The SMILES string of the molecule is COc1c(C(C)=O)ccc(F)c1CCC1CC1NC(=O)Nc1ccc(Cl)cn1. The topological polar surface area (TPSA) is 80.3 Å². The Labute approximate surface area is 167 Å². The van der Waals surface area contributed by atoms with Crippen LogP contribution in [0, 0.1) is 11.7 Å². The summed E-state index contributed by atoms with van der Waals surface area (Å²) in [7, 11) is 1.43. The number of ketones is 1. The van der Waals surface area contributed by atoms with Crippen LogP contribution in [0.4, 0.5) is 15.0 Å².